The highest BCUT2D eigenvalue weighted by Gasteiger charge is 2.28. The zero-order valence-electron chi connectivity index (χ0n) is 15.1. The van der Waals surface area contributed by atoms with Crippen molar-refractivity contribution in [3.8, 4) is 5.69 Å². The summed E-state index contributed by atoms with van der Waals surface area (Å²) in [6.07, 6.45) is 1.20. The van der Waals surface area contributed by atoms with Gasteiger partial charge in [-0.25, -0.2) is 8.42 Å². The molecule has 0 bridgehead atoms. The molecule has 8 heteroatoms. The van der Waals surface area contributed by atoms with Gasteiger partial charge in [-0.1, -0.05) is 17.7 Å². The van der Waals surface area contributed by atoms with E-state index in [0.717, 1.165) is 17.1 Å². The number of sulfonamides is 1. The van der Waals surface area contributed by atoms with Crippen molar-refractivity contribution in [1.82, 2.24) is 13.8 Å². The van der Waals surface area contributed by atoms with E-state index in [1.54, 1.807) is 4.90 Å². The maximum absolute atomic E-state index is 13.0. The first-order chi connectivity index (χ1) is 12.2. The molecule has 1 saturated heterocycles. The first kappa shape index (κ1) is 18.9. The van der Waals surface area contributed by atoms with Crippen LogP contribution in [0.2, 0.25) is 5.02 Å². The number of halogens is 1. The number of carbonyl (C=O) groups excluding carboxylic acids is 1. The lowest BCUT2D eigenvalue weighted by molar-refractivity contribution is 0.0697. The average Bonchev–Trinajstić information content (AvgIpc) is 2.88. The number of hydrogen-bond donors (Lipinski definition) is 0. The Labute approximate surface area is 159 Å². The molecule has 0 atom stereocenters. The Morgan fingerprint density at radius 2 is 1.73 bits per heavy atom. The van der Waals surface area contributed by atoms with Gasteiger partial charge >= 0.3 is 0 Å². The van der Waals surface area contributed by atoms with Gasteiger partial charge in [-0.2, -0.15) is 4.31 Å². The van der Waals surface area contributed by atoms with Gasteiger partial charge < -0.3 is 9.47 Å². The molecule has 6 nitrogen and oxygen atoms in total. The van der Waals surface area contributed by atoms with Crippen LogP contribution in [-0.4, -0.2) is 60.5 Å². The van der Waals surface area contributed by atoms with Crippen molar-refractivity contribution in [2.75, 3.05) is 32.4 Å². The van der Waals surface area contributed by atoms with E-state index >= 15 is 0 Å². The molecule has 2 heterocycles. The highest BCUT2D eigenvalue weighted by molar-refractivity contribution is 7.88. The number of aromatic nitrogens is 1. The second kappa shape index (κ2) is 7.06. The summed E-state index contributed by atoms with van der Waals surface area (Å²) >= 11 is 6.10. The summed E-state index contributed by atoms with van der Waals surface area (Å²) in [5.41, 5.74) is 3.34. The van der Waals surface area contributed by atoms with E-state index in [4.69, 9.17) is 11.6 Å². The van der Waals surface area contributed by atoms with Crippen LogP contribution in [0.1, 0.15) is 21.7 Å². The van der Waals surface area contributed by atoms with Gasteiger partial charge in [0.1, 0.15) is 0 Å². The van der Waals surface area contributed by atoms with Gasteiger partial charge in [0.15, 0.2) is 0 Å². The summed E-state index contributed by atoms with van der Waals surface area (Å²) in [5.74, 6) is -0.0699. The maximum atomic E-state index is 13.0. The fraction of sp³-hybridized carbons (Fsp3) is 0.389. The van der Waals surface area contributed by atoms with E-state index in [1.165, 1.54) is 10.6 Å². The highest BCUT2D eigenvalue weighted by atomic mass is 35.5. The number of aryl methyl sites for hydroxylation is 1. The van der Waals surface area contributed by atoms with Crippen molar-refractivity contribution < 1.29 is 13.2 Å². The molecular formula is C18H22ClN3O3S. The Balaban J connectivity index is 1.85. The first-order valence-corrected chi connectivity index (χ1v) is 10.6. The minimum absolute atomic E-state index is 0.0699. The van der Waals surface area contributed by atoms with E-state index in [-0.39, 0.29) is 5.91 Å². The van der Waals surface area contributed by atoms with E-state index in [0.29, 0.717) is 36.8 Å². The Kier molecular flexibility index (Phi) is 5.14. The summed E-state index contributed by atoms with van der Waals surface area (Å²) in [6, 6.07) is 9.38. The Morgan fingerprint density at radius 1 is 1.08 bits per heavy atom. The molecule has 2 aromatic rings. The van der Waals surface area contributed by atoms with Crippen molar-refractivity contribution in [1.29, 1.82) is 0 Å². The van der Waals surface area contributed by atoms with Crippen LogP contribution < -0.4 is 0 Å². The number of benzene rings is 1. The largest absolute Gasteiger partial charge is 0.336 e. The van der Waals surface area contributed by atoms with Crippen molar-refractivity contribution >= 4 is 27.5 Å². The van der Waals surface area contributed by atoms with Gasteiger partial charge in [-0.05, 0) is 38.1 Å². The molecule has 0 N–H and O–H groups in total. The number of piperazine rings is 1. The van der Waals surface area contributed by atoms with Crippen molar-refractivity contribution in [3.05, 3.63) is 52.3 Å². The number of carbonyl (C=O) groups is 1. The highest BCUT2D eigenvalue weighted by Crippen LogP contribution is 2.24. The zero-order valence-corrected chi connectivity index (χ0v) is 16.6. The molecule has 1 amide bonds. The third-order valence-electron chi connectivity index (χ3n) is 4.72. The molecule has 0 saturated carbocycles. The SMILES string of the molecule is Cc1cc(C(=O)N2CCN(S(C)(=O)=O)CC2)c(C)n1-c1cccc(Cl)c1. The van der Waals surface area contributed by atoms with Gasteiger partial charge in [0.2, 0.25) is 10.0 Å². The summed E-state index contributed by atoms with van der Waals surface area (Å²) in [6.45, 7) is 5.31. The molecule has 0 aliphatic carbocycles. The van der Waals surface area contributed by atoms with Crippen LogP contribution in [0.3, 0.4) is 0 Å². The average molecular weight is 396 g/mol. The molecule has 1 aliphatic rings. The molecular weight excluding hydrogens is 374 g/mol. The van der Waals surface area contributed by atoms with E-state index in [9.17, 15) is 13.2 Å². The zero-order chi connectivity index (χ0) is 19.1. The van der Waals surface area contributed by atoms with Gasteiger partial charge in [0.25, 0.3) is 5.91 Å². The van der Waals surface area contributed by atoms with Crippen LogP contribution >= 0.6 is 11.6 Å². The van der Waals surface area contributed by atoms with Crippen molar-refractivity contribution in [2.24, 2.45) is 0 Å². The molecule has 1 fully saturated rings. The van der Waals surface area contributed by atoms with E-state index < -0.39 is 10.0 Å². The summed E-state index contributed by atoms with van der Waals surface area (Å²) in [7, 11) is -3.21. The Bertz CT molecular complexity index is 945. The predicted molar refractivity (Wildman–Crippen MR) is 103 cm³/mol. The van der Waals surface area contributed by atoms with Crippen LogP contribution in [0.25, 0.3) is 5.69 Å². The maximum Gasteiger partial charge on any atom is 0.255 e. The van der Waals surface area contributed by atoms with Gasteiger partial charge in [0.05, 0.1) is 11.8 Å². The molecule has 1 aromatic heterocycles. The minimum atomic E-state index is -3.21. The molecule has 0 spiro atoms. The van der Waals surface area contributed by atoms with Crippen molar-refractivity contribution in [2.45, 2.75) is 13.8 Å². The normalized spacial score (nSPS) is 16.1. The quantitative estimate of drug-likeness (QED) is 0.802. The lowest BCUT2D eigenvalue weighted by Crippen LogP contribution is -2.50. The second-order valence-electron chi connectivity index (χ2n) is 6.55. The minimum Gasteiger partial charge on any atom is -0.336 e. The van der Waals surface area contributed by atoms with Crippen molar-refractivity contribution in [3.63, 3.8) is 0 Å². The summed E-state index contributed by atoms with van der Waals surface area (Å²) in [4.78, 5) is 14.7. The molecule has 140 valence electrons. The first-order valence-electron chi connectivity index (χ1n) is 8.38. The molecule has 1 aromatic carbocycles. The van der Waals surface area contributed by atoms with Gasteiger partial charge in [-0.3, -0.25) is 4.79 Å². The van der Waals surface area contributed by atoms with Crippen LogP contribution in [0.15, 0.2) is 30.3 Å². The predicted octanol–water partition coefficient (Wildman–Crippen LogP) is 2.46. The molecule has 0 unspecified atom stereocenters. The number of nitrogens with zero attached hydrogens (tertiary/aromatic N) is 3. The smallest absolute Gasteiger partial charge is 0.255 e. The third kappa shape index (κ3) is 3.65. The topological polar surface area (TPSA) is 62.6 Å². The number of hydrogen-bond acceptors (Lipinski definition) is 3. The summed E-state index contributed by atoms with van der Waals surface area (Å²) < 4.78 is 26.7. The lowest BCUT2D eigenvalue weighted by Gasteiger charge is -2.33. The standard InChI is InChI=1S/C18H22ClN3O3S/c1-13-11-17(14(2)22(13)16-6-4-5-15(19)12-16)18(23)20-7-9-21(10-8-20)26(3,24)25/h4-6,11-12H,7-10H2,1-3H3. The Hall–Kier alpha value is -1.83. The fourth-order valence-electron chi connectivity index (χ4n) is 3.39. The van der Waals surface area contributed by atoms with Crippen LogP contribution in [-0.2, 0) is 10.0 Å². The van der Waals surface area contributed by atoms with Gasteiger partial charge in [-0.15, -0.1) is 0 Å². The Morgan fingerprint density at radius 3 is 2.31 bits per heavy atom. The van der Waals surface area contributed by atoms with E-state index in [2.05, 4.69) is 0 Å². The lowest BCUT2D eigenvalue weighted by atomic mass is 10.2. The van der Waals surface area contributed by atoms with E-state index in [1.807, 2.05) is 48.7 Å². The second-order valence-corrected chi connectivity index (χ2v) is 8.97. The summed E-state index contributed by atoms with van der Waals surface area (Å²) in [5, 5.41) is 0.639. The molecule has 26 heavy (non-hydrogen) atoms. The molecule has 3 rings (SSSR count). The third-order valence-corrected chi connectivity index (χ3v) is 6.26. The van der Waals surface area contributed by atoms with Crippen LogP contribution in [0.5, 0.6) is 0 Å². The number of rotatable bonds is 3. The molecule has 0 radical (unpaired) electrons. The monoisotopic (exact) mass is 395 g/mol. The fourth-order valence-corrected chi connectivity index (χ4v) is 4.40. The van der Waals surface area contributed by atoms with Crippen LogP contribution in [0.4, 0.5) is 0 Å². The number of amides is 1. The van der Waals surface area contributed by atoms with Crippen LogP contribution in [0, 0.1) is 13.8 Å². The molecule has 1 aliphatic heterocycles. The van der Waals surface area contributed by atoms with Gasteiger partial charge in [0, 0.05) is 48.3 Å².